The number of hydrogen-bond donors (Lipinski definition) is 1. The van der Waals surface area contributed by atoms with Crippen molar-refractivity contribution in [1.82, 2.24) is 19.7 Å². The molecule has 94 valence electrons. The van der Waals surface area contributed by atoms with Crippen molar-refractivity contribution in [2.75, 3.05) is 5.73 Å². The second kappa shape index (κ2) is 4.81. The fraction of sp³-hybridized carbons (Fsp3) is 0. The average Bonchev–Trinajstić information content (AvgIpc) is 2.83. The van der Waals surface area contributed by atoms with Crippen LogP contribution in [0.2, 0.25) is 0 Å². The summed E-state index contributed by atoms with van der Waals surface area (Å²) in [6.07, 6.45) is 5.17. The van der Waals surface area contributed by atoms with E-state index in [1.165, 1.54) is 0 Å². The molecule has 0 aliphatic carbocycles. The van der Waals surface area contributed by atoms with E-state index in [9.17, 15) is 0 Å². The fourth-order valence-corrected chi connectivity index (χ4v) is 1.94. The maximum Gasteiger partial charge on any atom is 0.153 e. The van der Waals surface area contributed by atoms with Crippen LogP contribution < -0.4 is 5.73 Å². The number of halogens is 1. The van der Waals surface area contributed by atoms with Crippen LogP contribution in [0, 0.1) is 0 Å². The first-order chi connectivity index (χ1) is 9.24. The van der Waals surface area contributed by atoms with Gasteiger partial charge in [0.05, 0.1) is 17.6 Å². The Hall–Kier alpha value is -2.21. The molecule has 0 atom stereocenters. The molecule has 3 aromatic heterocycles. The molecule has 0 bridgehead atoms. The highest BCUT2D eigenvalue weighted by molar-refractivity contribution is 9.10. The summed E-state index contributed by atoms with van der Waals surface area (Å²) in [5.41, 5.74) is 7.96. The zero-order valence-electron chi connectivity index (χ0n) is 9.86. The molecule has 5 nitrogen and oxygen atoms in total. The van der Waals surface area contributed by atoms with Crippen LogP contribution in [0.5, 0.6) is 0 Å². The van der Waals surface area contributed by atoms with E-state index in [1.807, 2.05) is 30.3 Å². The molecule has 0 spiro atoms. The molecule has 19 heavy (non-hydrogen) atoms. The monoisotopic (exact) mass is 315 g/mol. The van der Waals surface area contributed by atoms with E-state index in [4.69, 9.17) is 5.73 Å². The smallest absolute Gasteiger partial charge is 0.153 e. The summed E-state index contributed by atoms with van der Waals surface area (Å²) in [6, 6.07) is 9.39. The summed E-state index contributed by atoms with van der Waals surface area (Å²) < 4.78 is 2.56. The number of nitrogens with zero attached hydrogens (tertiary/aromatic N) is 4. The summed E-state index contributed by atoms with van der Waals surface area (Å²) in [7, 11) is 0. The lowest BCUT2D eigenvalue weighted by Crippen LogP contribution is -1.97. The minimum Gasteiger partial charge on any atom is -0.396 e. The number of hydrogen-bond acceptors (Lipinski definition) is 4. The van der Waals surface area contributed by atoms with Gasteiger partial charge in [0.25, 0.3) is 0 Å². The van der Waals surface area contributed by atoms with Crippen LogP contribution in [-0.4, -0.2) is 19.7 Å². The van der Waals surface area contributed by atoms with Crippen LogP contribution in [0.15, 0.2) is 53.4 Å². The number of anilines is 1. The molecule has 0 fully saturated rings. The van der Waals surface area contributed by atoms with E-state index < -0.39 is 0 Å². The Morgan fingerprint density at radius 2 is 2.00 bits per heavy atom. The lowest BCUT2D eigenvalue weighted by Gasteiger charge is -1.99. The van der Waals surface area contributed by atoms with Crippen molar-refractivity contribution in [3.8, 4) is 17.2 Å². The number of nitrogen functional groups attached to an aromatic ring is 1. The molecular formula is C13H10BrN5. The first-order valence-electron chi connectivity index (χ1n) is 5.62. The van der Waals surface area contributed by atoms with Crippen molar-refractivity contribution in [2.45, 2.75) is 0 Å². The molecule has 2 N–H and O–H groups in total. The van der Waals surface area contributed by atoms with Crippen LogP contribution >= 0.6 is 15.9 Å². The van der Waals surface area contributed by atoms with Gasteiger partial charge in [-0.25, -0.2) is 9.67 Å². The molecule has 0 saturated carbocycles. The summed E-state index contributed by atoms with van der Waals surface area (Å²) in [6.45, 7) is 0. The van der Waals surface area contributed by atoms with Crippen LogP contribution in [0.25, 0.3) is 17.2 Å². The van der Waals surface area contributed by atoms with Gasteiger partial charge in [-0.15, -0.1) is 0 Å². The largest absolute Gasteiger partial charge is 0.396 e. The minimum atomic E-state index is 0.573. The molecule has 0 radical (unpaired) electrons. The SMILES string of the molecule is Nc1cn(-c2ccc(Br)cn2)nc1-c1ccccn1. The lowest BCUT2D eigenvalue weighted by molar-refractivity contribution is 0.848. The molecule has 0 saturated heterocycles. The van der Waals surface area contributed by atoms with Gasteiger partial charge in [-0.2, -0.15) is 5.10 Å². The van der Waals surface area contributed by atoms with Crippen LogP contribution in [0.4, 0.5) is 5.69 Å². The molecular weight excluding hydrogens is 306 g/mol. The lowest BCUT2D eigenvalue weighted by atomic mass is 10.2. The first kappa shape index (κ1) is 11.9. The second-order valence-electron chi connectivity index (χ2n) is 3.93. The minimum absolute atomic E-state index is 0.573. The molecule has 0 aromatic carbocycles. The third kappa shape index (κ3) is 2.34. The molecule has 3 aromatic rings. The average molecular weight is 316 g/mol. The fourth-order valence-electron chi connectivity index (χ4n) is 1.71. The van der Waals surface area contributed by atoms with Crippen LogP contribution in [0.3, 0.4) is 0 Å². The summed E-state index contributed by atoms with van der Waals surface area (Å²) in [5.74, 6) is 0.706. The maximum atomic E-state index is 5.98. The quantitative estimate of drug-likeness (QED) is 0.789. The van der Waals surface area contributed by atoms with Crippen molar-refractivity contribution in [3.63, 3.8) is 0 Å². The van der Waals surface area contributed by atoms with Crippen molar-refractivity contribution in [3.05, 3.63) is 53.4 Å². The van der Waals surface area contributed by atoms with Gasteiger partial charge in [0, 0.05) is 16.9 Å². The summed E-state index contributed by atoms with van der Waals surface area (Å²) in [4.78, 5) is 8.52. The summed E-state index contributed by atoms with van der Waals surface area (Å²) in [5, 5.41) is 4.43. The van der Waals surface area contributed by atoms with E-state index in [0.29, 0.717) is 17.2 Å². The first-order valence-corrected chi connectivity index (χ1v) is 6.42. The number of pyridine rings is 2. The second-order valence-corrected chi connectivity index (χ2v) is 4.84. The highest BCUT2D eigenvalue weighted by Gasteiger charge is 2.10. The predicted molar refractivity (Wildman–Crippen MR) is 76.7 cm³/mol. The number of rotatable bonds is 2. The molecule has 3 rings (SSSR count). The van der Waals surface area contributed by atoms with Crippen LogP contribution in [0.1, 0.15) is 0 Å². The van der Waals surface area contributed by atoms with Crippen LogP contribution in [-0.2, 0) is 0 Å². The Labute approximate surface area is 118 Å². The van der Waals surface area contributed by atoms with E-state index in [0.717, 1.165) is 10.2 Å². The molecule has 0 aliphatic heterocycles. The number of nitrogens with two attached hydrogens (primary N) is 1. The highest BCUT2D eigenvalue weighted by atomic mass is 79.9. The van der Waals surface area contributed by atoms with Gasteiger partial charge in [0.15, 0.2) is 5.82 Å². The topological polar surface area (TPSA) is 69.6 Å². The molecule has 0 unspecified atom stereocenters. The maximum absolute atomic E-state index is 5.98. The third-order valence-electron chi connectivity index (χ3n) is 2.60. The van der Waals surface area contributed by atoms with Gasteiger partial charge in [-0.05, 0) is 40.2 Å². The third-order valence-corrected chi connectivity index (χ3v) is 3.07. The highest BCUT2D eigenvalue weighted by Crippen LogP contribution is 2.23. The van der Waals surface area contributed by atoms with E-state index in [2.05, 4.69) is 31.0 Å². The van der Waals surface area contributed by atoms with Gasteiger partial charge in [-0.1, -0.05) is 6.07 Å². The normalized spacial score (nSPS) is 10.6. The Kier molecular flexibility index (Phi) is 3.00. The molecule has 0 amide bonds. The predicted octanol–water partition coefficient (Wildman–Crippen LogP) is 2.67. The Bertz CT molecular complexity index is 691. The van der Waals surface area contributed by atoms with Crippen molar-refractivity contribution in [2.24, 2.45) is 0 Å². The van der Waals surface area contributed by atoms with E-state index in [1.54, 1.807) is 23.3 Å². The Morgan fingerprint density at radius 3 is 2.68 bits per heavy atom. The van der Waals surface area contributed by atoms with Gasteiger partial charge in [-0.3, -0.25) is 4.98 Å². The van der Waals surface area contributed by atoms with Gasteiger partial charge in [0.1, 0.15) is 5.69 Å². The van der Waals surface area contributed by atoms with Gasteiger partial charge in [0.2, 0.25) is 0 Å². The van der Waals surface area contributed by atoms with Crippen molar-refractivity contribution < 1.29 is 0 Å². The van der Waals surface area contributed by atoms with Crippen molar-refractivity contribution >= 4 is 21.6 Å². The summed E-state index contributed by atoms with van der Waals surface area (Å²) >= 11 is 3.35. The van der Waals surface area contributed by atoms with Crippen molar-refractivity contribution in [1.29, 1.82) is 0 Å². The molecule has 3 heterocycles. The Morgan fingerprint density at radius 1 is 1.11 bits per heavy atom. The van der Waals surface area contributed by atoms with E-state index in [-0.39, 0.29) is 0 Å². The van der Waals surface area contributed by atoms with Gasteiger partial charge < -0.3 is 5.73 Å². The Balaban J connectivity index is 2.04. The zero-order valence-corrected chi connectivity index (χ0v) is 11.4. The van der Waals surface area contributed by atoms with Gasteiger partial charge >= 0.3 is 0 Å². The van der Waals surface area contributed by atoms with E-state index >= 15 is 0 Å². The number of aromatic nitrogens is 4. The zero-order chi connectivity index (χ0) is 13.2. The standard InChI is InChI=1S/C13H10BrN5/c14-9-4-5-12(17-7-9)19-8-10(15)13(18-19)11-3-1-2-6-16-11/h1-8H,15H2. The molecule has 6 heteroatoms. The molecule has 0 aliphatic rings.